The molecule has 0 amide bonds. The number of nitrogens with one attached hydrogen (secondary N) is 1. The van der Waals surface area contributed by atoms with Gasteiger partial charge in [0.05, 0.1) is 5.37 Å². The highest BCUT2D eigenvalue weighted by atomic mass is 32.2. The van der Waals surface area contributed by atoms with Crippen molar-refractivity contribution in [2.45, 2.75) is 24.8 Å². The van der Waals surface area contributed by atoms with Crippen LogP contribution in [0.5, 0.6) is 5.75 Å². The lowest BCUT2D eigenvalue weighted by atomic mass is 10.1. The van der Waals surface area contributed by atoms with Crippen molar-refractivity contribution in [2.24, 2.45) is 0 Å². The molecule has 1 fully saturated rings. The molecule has 0 radical (unpaired) electrons. The lowest BCUT2D eigenvalue weighted by Gasteiger charge is -2.19. The SMILES string of the molecule is CC1(C)CSC(c2cc(O)cc(F)c2)N1. The molecule has 0 saturated carbocycles. The van der Waals surface area contributed by atoms with Crippen LogP contribution >= 0.6 is 11.8 Å². The third kappa shape index (κ3) is 2.44. The minimum atomic E-state index is -0.392. The molecule has 0 aliphatic carbocycles. The van der Waals surface area contributed by atoms with Crippen molar-refractivity contribution >= 4 is 11.8 Å². The summed E-state index contributed by atoms with van der Waals surface area (Å²) in [5.41, 5.74) is 0.861. The highest BCUT2D eigenvalue weighted by Gasteiger charge is 2.31. The molecule has 0 bridgehead atoms. The minimum absolute atomic E-state index is 0.0166. The van der Waals surface area contributed by atoms with Gasteiger partial charge in [0.15, 0.2) is 0 Å². The summed E-state index contributed by atoms with van der Waals surface area (Å²) in [4.78, 5) is 0. The number of thioether (sulfide) groups is 1. The number of hydrogen-bond acceptors (Lipinski definition) is 3. The first-order chi connectivity index (χ1) is 6.96. The number of benzene rings is 1. The van der Waals surface area contributed by atoms with Gasteiger partial charge in [0, 0.05) is 17.4 Å². The van der Waals surface area contributed by atoms with E-state index in [0.717, 1.165) is 17.4 Å². The number of hydrogen-bond donors (Lipinski definition) is 2. The molecule has 15 heavy (non-hydrogen) atoms. The second-order valence-corrected chi connectivity index (χ2v) is 5.56. The fourth-order valence-electron chi connectivity index (χ4n) is 1.66. The van der Waals surface area contributed by atoms with Gasteiger partial charge >= 0.3 is 0 Å². The predicted molar refractivity (Wildman–Crippen MR) is 60.5 cm³/mol. The van der Waals surface area contributed by atoms with E-state index >= 15 is 0 Å². The number of rotatable bonds is 1. The van der Waals surface area contributed by atoms with Gasteiger partial charge in [-0.2, -0.15) is 0 Å². The molecule has 2 nitrogen and oxygen atoms in total. The fourth-order valence-corrected chi connectivity index (χ4v) is 3.05. The average molecular weight is 227 g/mol. The third-order valence-electron chi connectivity index (χ3n) is 2.34. The van der Waals surface area contributed by atoms with Gasteiger partial charge in [0.2, 0.25) is 0 Å². The normalized spacial score (nSPS) is 24.3. The van der Waals surface area contributed by atoms with E-state index in [1.165, 1.54) is 6.07 Å². The number of aromatic hydroxyl groups is 1. The highest BCUT2D eigenvalue weighted by Crippen LogP contribution is 2.38. The molecule has 82 valence electrons. The Morgan fingerprint density at radius 2 is 2.20 bits per heavy atom. The van der Waals surface area contributed by atoms with Crippen molar-refractivity contribution < 1.29 is 9.50 Å². The van der Waals surface area contributed by atoms with Gasteiger partial charge in [-0.1, -0.05) is 0 Å². The highest BCUT2D eigenvalue weighted by molar-refractivity contribution is 7.99. The topological polar surface area (TPSA) is 32.3 Å². The molecule has 0 spiro atoms. The van der Waals surface area contributed by atoms with Crippen LogP contribution in [0.15, 0.2) is 18.2 Å². The molecule has 1 aliphatic rings. The van der Waals surface area contributed by atoms with Gasteiger partial charge in [0.1, 0.15) is 11.6 Å². The fraction of sp³-hybridized carbons (Fsp3) is 0.455. The first kappa shape index (κ1) is 10.8. The lowest BCUT2D eigenvalue weighted by Crippen LogP contribution is -2.35. The lowest BCUT2D eigenvalue weighted by molar-refractivity contribution is 0.445. The molecule has 1 atom stereocenters. The van der Waals surface area contributed by atoms with Gasteiger partial charge in [-0.25, -0.2) is 4.39 Å². The summed E-state index contributed by atoms with van der Waals surface area (Å²) in [6.45, 7) is 4.22. The second-order valence-electron chi connectivity index (χ2n) is 4.46. The van der Waals surface area contributed by atoms with E-state index in [4.69, 9.17) is 0 Å². The van der Waals surface area contributed by atoms with Crippen LogP contribution in [0.3, 0.4) is 0 Å². The summed E-state index contributed by atoms with van der Waals surface area (Å²) in [7, 11) is 0. The molecular weight excluding hydrogens is 213 g/mol. The zero-order valence-electron chi connectivity index (χ0n) is 8.75. The van der Waals surface area contributed by atoms with Gasteiger partial charge in [-0.05, 0) is 31.5 Å². The molecule has 2 rings (SSSR count). The van der Waals surface area contributed by atoms with Crippen LogP contribution in [0.25, 0.3) is 0 Å². The van der Waals surface area contributed by atoms with E-state index in [2.05, 4.69) is 19.2 Å². The van der Waals surface area contributed by atoms with Crippen molar-refractivity contribution in [1.29, 1.82) is 0 Å². The second kappa shape index (κ2) is 3.68. The zero-order valence-corrected chi connectivity index (χ0v) is 9.57. The Labute approximate surface area is 92.9 Å². The molecule has 1 unspecified atom stereocenters. The maximum Gasteiger partial charge on any atom is 0.127 e. The third-order valence-corrected chi connectivity index (χ3v) is 3.95. The summed E-state index contributed by atoms with van der Waals surface area (Å²) in [5.74, 6) is 0.573. The van der Waals surface area contributed by atoms with Gasteiger partial charge in [-0.15, -0.1) is 11.8 Å². The monoisotopic (exact) mass is 227 g/mol. The van der Waals surface area contributed by atoms with Crippen LogP contribution < -0.4 is 5.32 Å². The first-order valence-electron chi connectivity index (χ1n) is 4.85. The molecule has 1 aromatic rings. The van der Waals surface area contributed by atoms with Crippen LogP contribution in [-0.4, -0.2) is 16.4 Å². The van der Waals surface area contributed by atoms with E-state index in [1.807, 2.05) is 0 Å². The van der Waals surface area contributed by atoms with E-state index < -0.39 is 5.82 Å². The van der Waals surface area contributed by atoms with Crippen molar-refractivity contribution in [3.05, 3.63) is 29.6 Å². The minimum Gasteiger partial charge on any atom is -0.508 e. The Bertz CT molecular complexity index is 361. The summed E-state index contributed by atoms with van der Waals surface area (Å²) < 4.78 is 13.1. The Morgan fingerprint density at radius 3 is 2.73 bits per heavy atom. The Hall–Kier alpha value is -0.740. The van der Waals surface area contributed by atoms with E-state index in [9.17, 15) is 9.50 Å². The van der Waals surface area contributed by atoms with Crippen molar-refractivity contribution in [3.8, 4) is 5.75 Å². The van der Waals surface area contributed by atoms with E-state index in [-0.39, 0.29) is 16.7 Å². The van der Waals surface area contributed by atoms with Crippen LogP contribution in [-0.2, 0) is 0 Å². The molecule has 1 heterocycles. The van der Waals surface area contributed by atoms with Gasteiger partial charge < -0.3 is 5.11 Å². The molecule has 2 N–H and O–H groups in total. The summed E-state index contributed by atoms with van der Waals surface area (Å²) >= 11 is 1.73. The molecule has 1 saturated heterocycles. The van der Waals surface area contributed by atoms with Gasteiger partial charge in [-0.3, -0.25) is 5.32 Å². The average Bonchev–Trinajstić information content (AvgIpc) is 2.44. The van der Waals surface area contributed by atoms with Crippen molar-refractivity contribution in [3.63, 3.8) is 0 Å². The van der Waals surface area contributed by atoms with Crippen LogP contribution in [0.4, 0.5) is 4.39 Å². The number of phenolic OH excluding ortho intramolecular Hbond substituents is 1. The summed E-state index contributed by atoms with van der Waals surface area (Å²) in [6, 6.07) is 4.19. The quantitative estimate of drug-likeness (QED) is 0.773. The maximum atomic E-state index is 13.1. The smallest absolute Gasteiger partial charge is 0.127 e. The largest absolute Gasteiger partial charge is 0.508 e. The summed E-state index contributed by atoms with van der Waals surface area (Å²) in [5, 5.41) is 12.8. The van der Waals surface area contributed by atoms with Gasteiger partial charge in [0.25, 0.3) is 0 Å². The van der Waals surface area contributed by atoms with Crippen molar-refractivity contribution in [1.82, 2.24) is 5.32 Å². The van der Waals surface area contributed by atoms with Crippen molar-refractivity contribution in [2.75, 3.05) is 5.75 Å². The number of phenols is 1. The Morgan fingerprint density at radius 1 is 1.47 bits per heavy atom. The molecule has 1 aromatic carbocycles. The van der Waals surface area contributed by atoms with Crippen LogP contribution in [0.2, 0.25) is 0 Å². The Balaban J connectivity index is 2.24. The molecule has 4 heteroatoms. The zero-order chi connectivity index (χ0) is 11.1. The standard InChI is InChI=1S/C11H14FNOS/c1-11(2)6-15-10(13-11)7-3-8(12)5-9(14)4-7/h3-5,10,13-14H,6H2,1-2H3. The Kier molecular flexibility index (Phi) is 2.64. The van der Waals surface area contributed by atoms with Crippen LogP contribution in [0.1, 0.15) is 24.8 Å². The first-order valence-corrected chi connectivity index (χ1v) is 5.90. The van der Waals surface area contributed by atoms with E-state index in [1.54, 1.807) is 17.8 Å². The molecular formula is C11H14FNOS. The predicted octanol–water partition coefficient (Wildman–Crippen LogP) is 2.64. The molecule has 1 aliphatic heterocycles. The summed E-state index contributed by atoms with van der Waals surface area (Å²) in [6.07, 6.45) is 0. The van der Waals surface area contributed by atoms with Crippen LogP contribution in [0, 0.1) is 5.82 Å². The maximum absolute atomic E-state index is 13.1. The van der Waals surface area contributed by atoms with E-state index in [0.29, 0.717) is 0 Å². The number of halogens is 1. The molecule has 0 aromatic heterocycles.